The van der Waals surface area contributed by atoms with Gasteiger partial charge in [0, 0.05) is 31.3 Å². The summed E-state index contributed by atoms with van der Waals surface area (Å²) in [6.45, 7) is 4.31. The minimum atomic E-state index is -3.46. The van der Waals surface area contributed by atoms with Crippen molar-refractivity contribution in [2.45, 2.75) is 18.7 Å². The van der Waals surface area contributed by atoms with Crippen molar-refractivity contribution in [3.63, 3.8) is 0 Å². The summed E-state index contributed by atoms with van der Waals surface area (Å²) in [5.41, 5.74) is 7.60. The summed E-state index contributed by atoms with van der Waals surface area (Å²) in [6, 6.07) is 3.34. The molecule has 1 fully saturated rings. The second kappa shape index (κ2) is 4.53. The van der Waals surface area contributed by atoms with Crippen molar-refractivity contribution in [1.82, 2.24) is 4.31 Å². The first-order chi connectivity index (χ1) is 8.36. The summed E-state index contributed by atoms with van der Waals surface area (Å²) in [6.07, 6.45) is 0. The number of aryl methyl sites for hydroxylation is 2. The van der Waals surface area contributed by atoms with E-state index in [1.54, 1.807) is 26.0 Å². The highest BCUT2D eigenvalue weighted by Crippen LogP contribution is 2.30. The van der Waals surface area contributed by atoms with Gasteiger partial charge in [0.25, 0.3) is 0 Å². The van der Waals surface area contributed by atoms with E-state index in [2.05, 4.69) is 0 Å². The number of nitrogen functional groups attached to an aromatic ring is 1. The Kier molecular flexibility index (Phi) is 3.35. The molecule has 0 aromatic heterocycles. The van der Waals surface area contributed by atoms with Crippen LogP contribution < -0.4 is 5.73 Å². The summed E-state index contributed by atoms with van der Waals surface area (Å²) in [4.78, 5) is 0.341. The highest BCUT2D eigenvalue weighted by Gasteiger charge is 2.37. The summed E-state index contributed by atoms with van der Waals surface area (Å²) in [5, 5.41) is 8.95. The molecular weight excluding hydrogens is 252 g/mol. The van der Waals surface area contributed by atoms with Gasteiger partial charge in [0.1, 0.15) is 0 Å². The second-order valence-electron chi connectivity index (χ2n) is 4.85. The maximum Gasteiger partial charge on any atom is 0.243 e. The van der Waals surface area contributed by atoms with Crippen molar-refractivity contribution in [2.24, 2.45) is 5.92 Å². The Morgan fingerprint density at radius 3 is 2.28 bits per heavy atom. The zero-order valence-electron chi connectivity index (χ0n) is 10.5. The van der Waals surface area contributed by atoms with Crippen LogP contribution in [0.3, 0.4) is 0 Å². The SMILES string of the molecule is Cc1cc(N)cc(C)c1S(=O)(=O)N1CC(CO)C1. The molecule has 1 saturated heterocycles. The fraction of sp³-hybridized carbons (Fsp3) is 0.500. The quantitative estimate of drug-likeness (QED) is 0.783. The van der Waals surface area contributed by atoms with E-state index >= 15 is 0 Å². The molecule has 0 radical (unpaired) electrons. The number of hydrogen-bond acceptors (Lipinski definition) is 4. The Morgan fingerprint density at radius 1 is 1.33 bits per heavy atom. The molecule has 6 heteroatoms. The summed E-state index contributed by atoms with van der Waals surface area (Å²) in [5.74, 6) is 0.0640. The highest BCUT2D eigenvalue weighted by molar-refractivity contribution is 7.89. The Bertz CT molecular complexity index is 540. The number of nitrogens with zero attached hydrogens (tertiary/aromatic N) is 1. The van der Waals surface area contributed by atoms with Gasteiger partial charge in [-0.05, 0) is 37.1 Å². The lowest BCUT2D eigenvalue weighted by Crippen LogP contribution is -2.51. The van der Waals surface area contributed by atoms with E-state index in [0.717, 1.165) is 0 Å². The van der Waals surface area contributed by atoms with E-state index in [0.29, 0.717) is 34.8 Å². The molecule has 100 valence electrons. The van der Waals surface area contributed by atoms with Gasteiger partial charge >= 0.3 is 0 Å². The minimum absolute atomic E-state index is 0.0335. The molecule has 1 heterocycles. The van der Waals surface area contributed by atoms with Crippen LogP contribution in [0.15, 0.2) is 17.0 Å². The van der Waals surface area contributed by atoms with Crippen molar-refractivity contribution in [2.75, 3.05) is 25.4 Å². The van der Waals surface area contributed by atoms with Crippen molar-refractivity contribution >= 4 is 15.7 Å². The summed E-state index contributed by atoms with van der Waals surface area (Å²) >= 11 is 0. The van der Waals surface area contributed by atoms with Gasteiger partial charge in [-0.1, -0.05) is 0 Å². The van der Waals surface area contributed by atoms with Gasteiger partial charge in [-0.15, -0.1) is 0 Å². The van der Waals surface area contributed by atoms with Gasteiger partial charge in [0.2, 0.25) is 10.0 Å². The number of benzene rings is 1. The number of anilines is 1. The Balaban J connectivity index is 2.37. The average molecular weight is 270 g/mol. The fourth-order valence-electron chi connectivity index (χ4n) is 2.35. The van der Waals surface area contributed by atoms with E-state index in [9.17, 15) is 8.42 Å². The molecule has 1 aromatic rings. The van der Waals surface area contributed by atoms with Crippen LogP contribution in [0.5, 0.6) is 0 Å². The molecule has 0 amide bonds. The largest absolute Gasteiger partial charge is 0.399 e. The number of nitrogens with two attached hydrogens (primary N) is 1. The molecule has 1 aliphatic heterocycles. The second-order valence-corrected chi connectivity index (χ2v) is 6.73. The predicted molar refractivity (Wildman–Crippen MR) is 69.7 cm³/mol. The maximum atomic E-state index is 12.4. The van der Waals surface area contributed by atoms with E-state index in [-0.39, 0.29) is 12.5 Å². The normalized spacial score (nSPS) is 17.7. The first-order valence-corrected chi connectivity index (χ1v) is 7.28. The predicted octanol–water partition coefficient (Wildman–Crippen LogP) is 0.498. The average Bonchev–Trinajstić information content (AvgIpc) is 2.12. The standard InChI is InChI=1S/C12H18N2O3S/c1-8-3-11(13)4-9(2)12(8)18(16,17)14-5-10(6-14)7-15/h3-4,10,15H,5-7,13H2,1-2H3. The van der Waals surface area contributed by atoms with Gasteiger partial charge in [0.15, 0.2) is 0 Å². The van der Waals surface area contributed by atoms with Crippen molar-refractivity contribution in [1.29, 1.82) is 0 Å². The molecule has 1 aromatic carbocycles. The smallest absolute Gasteiger partial charge is 0.243 e. The number of rotatable bonds is 3. The molecule has 5 nitrogen and oxygen atoms in total. The molecule has 3 N–H and O–H groups in total. The molecule has 0 bridgehead atoms. The Labute approximate surface area is 107 Å². The molecule has 2 rings (SSSR count). The van der Waals surface area contributed by atoms with Crippen LogP contribution in [0.4, 0.5) is 5.69 Å². The summed E-state index contributed by atoms with van der Waals surface area (Å²) < 4.78 is 26.3. The summed E-state index contributed by atoms with van der Waals surface area (Å²) in [7, 11) is -3.46. The number of aliphatic hydroxyl groups excluding tert-OH is 1. The van der Waals surface area contributed by atoms with Crippen LogP contribution in [0, 0.1) is 19.8 Å². The topological polar surface area (TPSA) is 83.6 Å². The third-order valence-electron chi connectivity index (χ3n) is 3.26. The molecule has 18 heavy (non-hydrogen) atoms. The molecule has 0 aliphatic carbocycles. The van der Waals surface area contributed by atoms with Gasteiger partial charge in [-0.25, -0.2) is 8.42 Å². The molecule has 0 unspecified atom stereocenters. The third kappa shape index (κ3) is 2.11. The van der Waals surface area contributed by atoms with E-state index in [4.69, 9.17) is 10.8 Å². The van der Waals surface area contributed by atoms with Crippen LogP contribution in [-0.2, 0) is 10.0 Å². The van der Waals surface area contributed by atoms with E-state index < -0.39 is 10.0 Å². The highest BCUT2D eigenvalue weighted by atomic mass is 32.2. The van der Waals surface area contributed by atoms with Gasteiger partial charge in [0.05, 0.1) is 4.90 Å². The Morgan fingerprint density at radius 2 is 1.83 bits per heavy atom. The number of sulfonamides is 1. The monoisotopic (exact) mass is 270 g/mol. The van der Waals surface area contributed by atoms with Crippen LogP contribution in [0.1, 0.15) is 11.1 Å². The van der Waals surface area contributed by atoms with Crippen molar-refractivity contribution in [3.8, 4) is 0 Å². The third-order valence-corrected chi connectivity index (χ3v) is 5.40. The minimum Gasteiger partial charge on any atom is -0.399 e. The lowest BCUT2D eigenvalue weighted by molar-refractivity contribution is 0.117. The zero-order chi connectivity index (χ0) is 13.5. The Hall–Kier alpha value is -1.11. The maximum absolute atomic E-state index is 12.4. The van der Waals surface area contributed by atoms with Crippen molar-refractivity contribution in [3.05, 3.63) is 23.3 Å². The molecule has 0 saturated carbocycles. The van der Waals surface area contributed by atoms with Gasteiger partial charge in [-0.3, -0.25) is 0 Å². The van der Waals surface area contributed by atoms with Gasteiger partial charge < -0.3 is 10.8 Å². The van der Waals surface area contributed by atoms with Crippen LogP contribution in [-0.4, -0.2) is 37.5 Å². The van der Waals surface area contributed by atoms with E-state index in [1.807, 2.05) is 0 Å². The fourth-order valence-corrected chi connectivity index (χ4v) is 4.36. The first-order valence-electron chi connectivity index (χ1n) is 5.84. The molecule has 0 spiro atoms. The lowest BCUT2D eigenvalue weighted by atomic mass is 10.1. The lowest BCUT2D eigenvalue weighted by Gasteiger charge is -2.37. The molecule has 1 aliphatic rings. The van der Waals surface area contributed by atoms with Gasteiger partial charge in [-0.2, -0.15) is 4.31 Å². The molecular formula is C12H18N2O3S. The van der Waals surface area contributed by atoms with Crippen LogP contribution in [0.25, 0.3) is 0 Å². The van der Waals surface area contributed by atoms with Crippen molar-refractivity contribution < 1.29 is 13.5 Å². The zero-order valence-corrected chi connectivity index (χ0v) is 11.4. The number of hydrogen-bond donors (Lipinski definition) is 2. The number of aliphatic hydroxyl groups is 1. The van der Waals surface area contributed by atoms with Crippen LogP contribution >= 0.6 is 0 Å². The first kappa shape index (κ1) is 13.3. The van der Waals surface area contributed by atoms with Crippen LogP contribution in [0.2, 0.25) is 0 Å². The van der Waals surface area contributed by atoms with E-state index in [1.165, 1.54) is 4.31 Å². The molecule has 0 atom stereocenters.